The van der Waals surface area contributed by atoms with Gasteiger partial charge in [-0.2, -0.15) is 0 Å². The van der Waals surface area contributed by atoms with Crippen LogP contribution in [-0.2, 0) is 4.79 Å². The molecule has 0 fully saturated rings. The van der Waals surface area contributed by atoms with Crippen molar-refractivity contribution in [3.8, 4) is 17.0 Å². The van der Waals surface area contributed by atoms with Crippen molar-refractivity contribution in [1.82, 2.24) is 10.1 Å². The lowest BCUT2D eigenvalue weighted by atomic mass is 10.0. The molecule has 0 unspecified atom stereocenters. The zero-order valence-corrected chi connectivity index (χ0v) is 17.5. The maximum absolute atomic E-state index is 13.1. The first-order chi connectivity index (χ1) is 14.5. The number of ether oxygens (including phenoxy) is 1. The van der Waals surface area contributed by atoms with Gasteiger partial charge in [0.05, 0.1) is 18.4 Å². The van der Waals surface area contributed by atoms with Gasteiger partial charge in [-0.05, 0) is 35.0 Å². The predicted octanol–water partition coefficient (Wildman–Crippen LogP) is 2.92. The minimum atomic E-state index is -0.632. The molecule has 0 saturated carbocycles. The summed E-state index contributed by atoms with van der Waals surface area (Å²) < 4.78 is 7.01. The summed E-state index contributed by atoms with van der Waals surface area (Å²) in [7, 11) is 1.59. The summed E-state index contributed by atoms with van der Waals surface area (Å²) in [5, 5.41) is 5.16. The molecule has 1 atom stereocenters. The number of aromatic nitrogens is 3. The van der Waals surface area contributed by atoms with Crippen LogP contribution in [0.2, 0.25) is 0 Å². The van der Waals surface area contributed by atoms with E-state index in [1.807, 2.05) is 48.5 Å². The normalized spacial score (nSPS) is 14.6. The van der Waals surface area contributed by atoms with Gasteiger partial charge < -0.3 is 4.74 Å². The van der Waals surface area contributed by atoms with Crippen LogP contribution in [0.1, 0.15) is 18.7 Å². The van der Waals surface area contributed by atoms with Crippen molar-refractivity contribution >= 4 is 23.4 Å². The zero-order valence-electron chi connectivity index (χ0n) is 16.7. The molecular formula is C22H21N4O3S+. The molecule has 1 N–H and O–H groups in total. The molecule has 3 aromatic rings. The van der Waals surface area contributed by atoms with Crippen LogP contribution >= 0.6 is 11.8 Å². The standard InChI is InChI=1S/C22H20N4O3S/c1-4-12-30-22-23-20(28)19-17-10-5-6-11-18(17)25(14(2)27)21(26(19)24-22)15-8-7-9-16(13-15)29-3/h4-11,13,21H,1,12H2,2-3H3/p+1/t21-/m1/s1. The Labute approximate surface area is 178 Å². The van der Waals surface area contributed by atoms with E-state index in [9.17, 15) is 9.59 Å². The minimum absolute atomic E-state index is 0.157. The SMILES string of the molecule is C=CCSc1n[n+]2c(c(=O)[nH]1)-c1ccccc1N(C(C)=O)[C@H]2c1cccc(OC)c1. The van der Waals surface area contributed by atoms with Crippen LogP contribution in [0.4, 0.5) is 5.69 Å². The van der Waals surface area contributed by atoms with Crippen molar-refractivity contribution in [3.63, 3.8) is 0 Å². The number of amides is 1. The van der Waals surface area contributed by atoms with Crippen molar-refractivity contribution < 1.29 is 14.2 Å². The zero-order chi connectivity index (χ0) is 21.3. The first-order valence-electron chi connectivity index (χ1n) is 9.38. The Morgan fingerprint density at radius 3 is 2.87 bits per heavy atom. The van der Waals surface area contributed by atoms with Gasteiger partial charge in [0.15, 0.2) is 0 Å². The third-order valence-corrected chi connectivity index (χ3v) is 5.69. The van der Waals surface area contributed by atoms with Gasteiger partial charge in [0.2, 0.25) is 11.1 Å². The fourth-order valence-corrected chi connectivity index (χ4v) is 4.20. The molecule has 8 heteroatoms. The van der Waals surface area contributed by atoms with Crippen molar-refractivity contribution in [3.05, 3.63) is 77.1 Å². The topological polar surface area (TPSA) is 79.2 Å². The number of hydrogen-bond acceptors (Lipinski definition) is 5. The Morgan fingerprint density at radius 2 is 2.13 bits per heavy atom. The molecule has 0 bridgehead atoms. The molecule has 7 nitrogen and oxygen atoms in total. The molecule has 1 aliphatic heterocycles. The molecule has 1 aromatic heterocycles. The highest BCUT2D eigenvalue weighted by molar-refractivity contribution is 7.99. The second-order valence-corrected chi connectivity index (χ2v) is 7.72. The number of para-hydroxylation sites is 1. The number of benzene rings is 2. The van der Waals surface area contributed by atoms with Crippen molar-refractivity contribution in [2.24, 2.45) is 0 Å². The number of aromatic amines is 1. The van der Waals surface area contributed by atoms with E-state index in [0.29, 0.717) is 33.6 Å². The number of anilines is 1. The number of fused-ring (bicyclic) bond motifs is 3. The molecule has 0 aliphatic carbocycles. The third-order valence-electron chi connectivity index (χ3n) is 4.83. The first kappa shape index (κ1) is 19.9. The highest BCUT2D eigenvalue weighted by atomic mass is 32.2. The number of carbonyl (C=O) groups excluding carboxylic acids is 1. The van der Waals surface area contributed by atoms with E-state index >= 15 is 0 Å². The first-order valence-corrected chi connectivity index (χ1v) is 10.4. The van der Waals surface area contributed by atoms with Crippen LogP contribution in [0.5, 0.6) is 5.75 Å². The van der Waals surface area contributed by atoms with Gasteiger partial charge in [-0.3, -0.25) is 14.6 Å². The average molecular weight is 422 g/mol. The van der Waals surface area contributed by atoms with E-state index in [1.54, 1.807) is 22.8 Å². The molecular weight excluding hydrogens is 400 g/mol. The Bertz CT molecular complexity index is 1190. The summed E-state index contributed by atoms with van der Waals surface area (Å²) in [5.41, 5.74) is 2.24. The van der Waals surface area contributed by atoms with Crippen LogP contribution in [0.3, 0.4) is 0 Å². The lowest BCUT2D eigenvalue weighted by molar-refractivity contribution is -0.763. The van der Waals surface area contributed by atoms with Gasteiger partial charge in [0.1, 0.15) is 5.75 Å². The second-order valence-electron chi connectivity index (χ2n) is 6.71. The van der Waals surface area contributed by atoms with E-state index in [0.717, 1.165) is 5.56 Å². The molecule has 152 valence electrons. The molecule has 4 rings (SSSR count). The molecule has 1 aliphatic rings. The minimum Gasteiger partial charge on any atom is -0.497 e. The summed E-state index contributed by atoms with van der Waals surface area (Å²) in [4.78, 5) is 30.4. The summed E-state index contributed by atoms with van der Waals surface area (Å²) in [6, 6.07) is 14.8. The number of hydrogen-bond donors (Lipinski definition) is 1. The largest absolute Gasteiger partial charge is 0.497 e. The molecule has 0 radical (unpaired) electrons. The van der Waals surface area contributed by atoms with Crippen LogP contribution in [0.25, 0.3) is 11.3 Å². The van der Waals surface area contributed by atoms with Gasteiger partial charge in [-0.15, -0.1) is 6.58 Å². The predicted molar refractivity (Wildman–Crippen MR) is 116 cm³/mol. The fourth-order valence-electron chi connectivity index (χ4n) is 3.62. The number of H-pyrrole nitrogens is 1. The molecule has 2 heterocycles. The quantitative estimate of drug-likeness (QED) is 0.389. The third kappa shape index (κ3) is 3.39. The average Bonchev–Trinajstić information content (AvgIpc) is 2.76. The van der Waals surface area contributed by atoms with Crippen LogP contribution in [0, 0.1) is 0 Å². The van der Waals surface area contributed by atoms with Gasteiger partial charge in [0, 0.05) is 23.3 Å². The van der Waals surface area contributed by atoms with E-state index in [2.05, 4.69) is 11.6 Å². The number of carbonyl (C=O) groups is 1. The number of methoxy groups -OCH3 is 1. The van der Waals surface area contributed by atoms with E-state index in [4.69, 9.17) is 9.84 Å². The number of rotatable bonds is 5. The maximum atomic E-state index is 13.1. The van der Waals surface area contributed by atoms with Crippen molar-refractivity contribution in [1.29, 1.82) is 0 Å². The Kier molecular flexibility index (Phi) is 5.41. The van der Waals surface area contributed by atoms with Crippen molar-refractivity contribution in [2.75, 3.05) is 17.8 Å². The Morgan fingerprint density at radius 1 is 1.33 bits per heavy atom. The van der Waals surface area contributed by atoms with Gasteiger partial charge >= 0.3 is 11.3 Å². The van der Waals surface area contributed by atoms with E-state index in [-0.39, 0.29) is 11.5 Å². The molecule has 0 spiro atoms. The molecule has 30 heavy (non-hydrogen) atoms. The van der Waals surface area contributed by atoms with Crippen LogP contribution < -0.4 is 19.9 Å². The second kappa shape index (κ2) is 8.16. The van der Waals surface area contributed by atoms with Crippen LogP contribution in [0.15, 0.2) is 71.1 Å². The van der Waals surface area contributed by atoms with Crippen molar-refractivity contribution in [2.45, 2.75) is 18.2 Å². The Hall–Kier alpha value is -3.39. The lowest BCUT2D eigenvalue weighted by Crippen LogP contribution is -2.60. The maximum Gasteiger partial charge on any atom is 0.325 e. The van der Waals surface area contributed by atoms with Gasteiger partial charge in [0.25, 0.3) is 6.17 Å². The van der Waals surface area contributed by atoms with Gasteiger partial charge in [-0.25, -0.2) is 4.90 Å². The summed E-state index contributed by atoms with van der Waals surface area (Å²) in [5.74, 6) is 1.10. The molecule has 1 amide bonds. The summed E-state index contributed by atoms with van der Waals surface area (Å²) >= 11 is 1.37. The monoisotopic (exact) mass is 421 g/mol. The highest BCUT2D eigenvalue weighted by Crippen LogP contribution is 2.37. The Balaban J connectivity index is 2.03. The summed E-state index contributed by atoms with van der Waals surface area (Å²) in [6.07, 6.45) is 1.11. The van der Waals surface area contributed by atoms with Gasteiger partial charge in [-0.1, -0.05) is 36.0 Å². The lowest BCUT2D eigenvalue weighted by Gasteiger charge is -2.31. The highest BCUT2D eigenvalue weighted by Gasteiger charge is 2.44. The number of nitrogens with one attached hydrogen (secondary N) is 1. The molecule has 0 saturated heterocycles. The smallest absolute Gasteiger partial charge is 0.325 e. The van der Waals surface area contributed by atoms with E-state index in [1.165, 1.54) is 18.7 Å². The number of thioether (sulfide) groups is 1. The summed E-state index contributed by atoms with van der Waals surface area (Å²) in [6.45, 7) is 5.23. The fraction of sp³-hybridized carbons (Fsp3) is 0.182. The van der Waals surface area contributed by atoms with E-state index < -0.39 is 6.17 Å². The number of nitrogens with zero attached hydrogens (tertiary/aromatic N) is 3. The molecule has 2 aromatic carbocycles. The van der Waals surface area contributed by atoms with Crippen LogP contribution in [-0.4, -0.2) is 28.9 Å².